The summed E-state index contributed by atoms with van der Waals surface area (Å²) in [5.74, 6) is 0.0653. The van der Waals surface area contributed by atoms with E-state index in [4.69, 9.17) is 4.74 Å². The molecule has 0 aliphatic heterocycles. The van der Waals surface area contributed by atoms with Gasteiger partial charge in [-0.1, -0.05) is 6.07 Å². The van der Waals surface area contributed by atoms with E-state index < -0.39 is 29.4 Å². The number of aliphatic hydroxyl groups excluding tert-OH is 2. The average Bonchev–Trinajstić information content (AvgIpc) is 2.95. The topological polar surface area (TPSA) is 87.5 Å². The van der Waals surface area contributed by atoms with Crippen molar-refractivity contribution in [3.05, 3.63) is 54.0 Å². The molecular weight excluding hydrogens is 375 g/mol. The quantitative estimate of drug-likeness (QED) is 0.664. The van der Waals surface area contributed by atoms with Crippen molar-refractivity contribution in [3.8, 4) is 5.88 Å². The van der Waals surface area contributed by atoms with Crippen molar-refractivity contribution in [1.82, 2.24) is 15.3 Å². The molecule has 2 atom stereocenters. The lowest BCUT2D eigenvalue weighted by Gasteiger charge is -2.29. The van der Waals surface area contributed by atoms with E-state index in [1.165, 1.54) is 6.07 Å². The number of aromatic nitrogens is 2. The lowest BCUT2D eigenvalue weighted by atomic mass is 9.86. The maximum absolute atomic E-state index is 12.6. The summed E-state index contributed by atoms with van der Waals surface area (Å²) in [6.07, 6.45) is -1.43. The first kappa shape index (κ1) is 20.5. The fourth-order valence-corrected chi connectivity index (χ4v) is 3.39. The van der Waals surface area contributed by atoms with E-state index in [1.54, 1.807) is 12.4 Å². The number of nitrogens with zero attached hydrogens (tertiary/aromatic N) is 2. The zero-order chi connectivity index (χ0) is 20.2. The Labute approximate surface area is 160 Å². The Bertz CT molecular complexity index is 747. The summed E-state index contributed by atoms with van der Waals surface area (Å²) in [4.78, 5) is 7.75. The molecule has 1 fully saturated rings. The maximum atomic E-state index is 12.6. The average molecular weight is 397 g/mol. The van der Waals surface area contributed by atoms with Gasteiger partial charge in [0, 0.05) is 43.2 Å². The molecule has 9 heteroatoms. The zero-order valence-electron chi connectivity index (χ0n) is 15.1. The number of rotatable bonds is 7. The second kappa shape index (κ2) is 8.42. The molecule has 0 spiro atoms. The van der Waals surface area contributed by atoms with Crippen LogP contribution in [0.5, 0.6) is 5.88 Å². The van der Waals surface area contributed by atoms with Crippen molar-refractivity contribution in [1.29, 1.82) is 0 Å². The molecule has 2 unspecified atom stereocenters. The third-order valence-corrected chi connectivity index (χ3v) is 4.87. The van der Waals surface area contributed by atoms with Gasteiger partial charge in [0.25, 0.3) is 0 Å². The predicted molar refractivity (Wildman–Crippen MR) is 94.4 cm³/mol. The molecule has 2 heterocycles. The third kappa shape index (κ3) is 5.18. The van der Waals surface area contributed by atoms with Crippen LogP contribution in [0.15, 0.2) is 42.9 Å². The first-order valence-corrected chi connectivity index (χ1v) is 8.89. The molecule has 0 bridgehead atoms. The van der Waals surface area contributed by atoms with E-state index in [0.29, 0.717) is 25.9 Å². The van der Waals surface area contributed by atoms with Gasteiger partial charge in [-0.25, -0.2) is 4.98 Å². The van der Waals surface area contributed by atoms with Crippen LogP contribution in [-0.2, 0) is 12.7 Å². The van der Waals surface area contributed by atoms with Crippen molar-refractivity contribution in [2.24, 2.45) is 5.41 Å². The van der Waals surface area contributed by atoms with Crippen LogP contribution >= 0.6 is 0 Å². The molecule has 3 N–H and O–H groups in total. The van der Waals surface area contributed by atoms with Crippen LogP contribution < -0.4 is 10.1 Å². The number of aliphatic hydroxyl groups is 2. The monoisotopic (exact) mass is 397 g/mol. The molecule has 2 aromatic rings. The minimum atomic E-state index is -4.46. The minimum absolute atomic E-state index is 0.0653. The molecule has 1 aliphatic rings. The number of hydrogen-bond donors (Lipinski definition) is 3. The van der Waals surface area contributed by atoms with E-state index in [2.05, 4.69) is 15.3 Å². The number of halogens is 3. The molecule has 1 saturated carbocycles. The van der Waals surface area contributed by atoms with Gasteiger partial charge < -0.3 is 20.3 Å². The maximum Gasteiger partial charge on any atom is 0.417 e. The van der Waals surface area contributed by atoms with Crippen LogP contribution in [0.4, 0.5) is 13.2 Å². The highest BCUT2D eigenvalue weighted by Gasteiger charge is 2.44. The fraction of sp³-hybridized carbons (Fsp3) is 0.474. The Balaban J connectivity index is 1.61. The van der Waals surface area contributed by atoms with Crippen molar-refractivity contribution in [3.63, 3.8) is 0 Å². The van der Waals surface area contributed by atoms with Crippen molar-refractivity contribution in [2.75, 3.05) is 13.2 Å². The van der Waals surface area contributed by atoms with Crippen LogP contribution in [-0.4, -0.2) is 45.5 Å². The van der Waals surface area contributed by atoms with Crippen molar-refractivity contribution < 1.29 is 28.1 Å². The normalized spacial score (nSPS) is 25.0. The second-order valence-electron chi connectivity index (χ2n) is 7.18. The van der Waals surface area contributed by atoms with Gasteiger partial charge in [0.15, 0.2) is 0 Å². The molecule has 0 aromatic carbocycles. The summed E-state index contributed by atoms with van der Waals surface area (Å²) < 4.78 is 43.5. The van der Waals surface area contributed by atoms with Gasteiger partial charge in [0.2, 0.25) is 5.88 Å². The highest BCUT2D eigenvalue weighted by Crippen LogP contribution is 2.39. The van der Waals surface area contributed by atoms with Gasteiger partial charge in [-0.3, -0.25) is 4.98 Å². The zero-order valence-corrected chi connectivity index (χ0v) is 15.1. The molecule has 0 saturated heterocycles. The molecular formula is C19H22F3N3O3. The van der Waals surface area contributed by atoms with Gasteiger partial charge in [0.1, 0.15) is 0 Å². The van der Waals surface area contributed by atoms with Gasteiger partial charge in [-0.05, 0) is 30.5 Å². The molecule has 0 radical (unpaired) electrons. The van der Waals surface area contributed by atoms with E-state index >= 15 is 0 Å². The van der Waals surface area contributed by atoms with E-state index in [0.717, 1.165) is 17.8 Å². The number of hydrogen-bond acceptors (Lipinski definition) is 6. The summed E-state index contributed by atoms with van der Waals surface area (Å²) in [5, 5.41) is 23.3. The lowest BCUT2D eigenvalue weighted by Crippen LogP contribution is -2.38. The number of ether oxygens (including phenoxy) is 1. The summed E-state index contributed by atoms with van der Waals surface area (Å²) >= 11 is 0. The van der Waals surface area contributed by atoms with Crippen molar-refractivity contribution in [2.45, 2.75) is 37.8 Å². The van der Waals surface area contributed by atoms with Crippen LogP contribution in [0.3, 0.4) is 0 Å². The van der Waals surface area contributed by atoms with Gasteiger partial charge in [-0.2, -0.15) is 13.2 Å². The van der Waals surface area contributed by atoms with Crippen molar-refractivity contribution >= 4 is 0 Å². The summed E-state index contributed by atoms with van der Waals surface area (Å²) in [6.45, 7) is 1.12. The molecule has 6 nitrogen and oxygen atoms in total. The number of nitrogens with one attached hydrogen (secondary N) is 1. The highest BCUT2D eigenvalue weighted by molar-refractivity contribution is 5.20. The van der Waals surface area contributed by atoms with Crippen LogP contribution in [0.1, 0.15) is 24.0 Å². The fourth-order valence-electron chi connectivity index (χ4n) is 3.39. The Morgan fingerprint density at radius 2 is 1.89 bits per heavy atom. The molecule has 152 valence electrons. The number of alkyl halides is 3. The molecule has 28 heavy (non-hydrogen) atoms. The van der Waals surface area contributed by atoms with E-state index in [-0.39, 0.29) is 12.5 Å². The van der Waals surface area contributed by atoms with E-state index in [1.807, 2.05) is 12.1 Å². The minimum Gasteiger partial charge on any atom is -0.477 e. The van der Waals surface area contributed by atoms with Gasteiger partial charge >= 0.3 is 6.18 Å². The van der Waals surface area contributed by atoms with Crippen LogP contribution in [0.2, 0.25) is 0 Å². The first-order chi connectivity index (χ1) is 13.3. The van der Waals surface area contributed by atoms with Crippen LogP contribution in [0.25, 0.3) is 0 Å². The van der Waals surface area contributed by atoms with Gasteiger partial charge in [0.05, 0.1) is 24.4 Å². The Kier molecular flexibility index (Phi) is 6.17. The Morgan fingerprint density at radius 1 is 1.14 bits per heavy atom. The first-order valence-electron chi connectivity index (χ1n) is 8.89. The van der Waals surface area contributed by atoms with E-state index in [9.17, 15) is 23.4 Å². The SMILES string of the molecule is OC1CC(CNCc2cccnc2)(COc2ccc(C(F)(F)F)cn2)CC1O. The summed E-state index contributed by atoms with van der Waals surface area (Å²) in [5.41, 5.74) is -0.424. The Morgan fingerprint density at radius 3 is 2.46 bits per heavy atom. The molecule has 3 rings (SSSR count). The Hall–Kier alpha value is -2.23. The largest absolute Gasteiger partial charge is 0.477 e. The van der Waals surface area contributed by atoms with Crippen LogP contribution in [0, 0.1) is 5.41 Å². The molecule has 2 aromatic heterocycles. The number of pyridine rings is 2. The summed E-state index contributed by atoms with van der Waals surface area (Å²) in [7, 11) is 0. The standard InChI is InChI=1S/C19H22F3N3O3/c20-19(21,22)14-3-4-17(25-10-14)28-12-18(6-15(26)16(27)7-18)11-24-9-13-2-1-5-23-8-13/h1-5,8,10,15-16,24,26-27H,6-7,9,11-12H2. The smallest absolute Gasteiger partial charge is 0.417 e. The molecule has 1 aliphatic carbocycles. The third-order valence-electron chi connectivity index (χ3n) is 4.87. The second-order valence-corrected chi connectivity index (χ2v) is 7.18. The highest BCUT2D eigenvalue weighted by atomic mass is 19.4. The predicted octanol–water partition coefficient (Wildman–Crippen LogP) is 2.17. The lowest BCUT2D eigenvalue weighted by molar-refractivity contribution is -0.137. The summed E-state index contributed by atoms with van der Waals surface area (Å²) in [6, 6.07) is 5.83. The molecule has 0 amide bonds. The van der Waals surface area contributed by atoms with Gasteiger partial charge in [-0.15, -0.1) is 0 Å².